The molecule has 0 radical (unpaired) electrons. The Morgan fingerprint density at radius 3 is 2.55 bits per heavy atom. The lowest BCUT2D eigenvalue weighted by molar-refractivity contribution is -0.250. The Kier molecular flexibility index (Phi) is 13.6. The lowest BCUT2D eigenvalue weighted by Gasteiger charge is -2.59. The Bertz CT molecular complexity index is 2110. The van der Waals surface area contributed by atoms with Gasteiger partial charge in [0.1, 0.15) is 22.0 Å². The molecule has 2 aromatic carbocycles. The predicted molar refractivity (Wildman–Crippen MR) is 222 cm³/mol. The monoisotopic (exact) mass is 818 g/mol. The number of hydrogen-bond donors (Lipinski definition) is 3. The number of rotatable bonds is 17. The topological polar surface area (TPSA) is 169 Å². The van der Waals surface area contributed by atoms with E-state index in [1.807, 2.05) is 45.9 Å². The molecule has 1 amide bonds. The minimum Gasteiger partial charge on any atom is -0.460 e. The van der Waals surface area contributed by atoms with Gasteiger partial charge in [0.15, 0.2) is 0 Å². The van der Waals surface area contributed by atoms with E-state index in [0.717, 1.165) is 36.8 Å². The van der Waals surface area contributed by atoms with Crippen molar-refractivity contribution in [3.05, 3.63) is 84.6 Å². The van der Waals surface area contributed by atoms with Crippen molar-refractivity contribution in [3.8, 4) is 11.5 Å². The number of amides is 1. The van der Waals surface area contributed by atoms with Crippen LogP contribution in [0.1, 0.15) is 84.1 Å². The normalized spacial score (nSPS) is 24.7. The minimum absolute atomic E-state index is 0.00267. The van der Waals surface area contributed by atoms with Crippen LogP contribution in [0.5, 0.6) is 11.5 Å². The van der Waals surface area contributed by atoms with E-state index in [-0.39, 0.29) is 48.9 Å². The molecule has 58 heavy (non-hydrogen) atoms. The summed E-state index contributed by atoms with van der Waals surface area (Å²) >= 11 is 0. The Balaban J connectivity index is 1.62. The summed E-state index contributed by atoms with van der Waals surface area (Å²) in [4.78, 5) is 23.4. The molecule has 3 N–H and O–H groups in total. The lowest BCUT2D eigenvalue weighted by Crippen LogP contribution is -2.69. The highest BCUT2D eigenvalue weighted by Gasteiger charge is 2.65. The zero-order valence-corrected chi connectivity index (χ0v) is 35.0. The molecule has 3 aromatic rings. The summed E-state index contributed by atoms with van der Waals surface area (Å²) in [5, 5.41) is 27.9. The van der Waals surface area contributed by atoms with Gasteiger partial charge in [-0.25, -0.2) is 13.2 Å². The number of oxime groups is 1. The first-order valence-corrected chi connectivity index (χ1v) is 21.8. The SMILES string of the molecule is C=CCO[C@@]12Oc3ccc(OC(=O)NCC)cc3[C@H]3[C@H](CCCCO)[C@@H](CCCCO)C=C(C(=NOC(C)(C)C)C[C@@H]1N(C)S(=O)(=O)c1cccc4cccnc14)[C@H]32. The number of unbranched alkanes of at least 4 members (excludes halogenated alkanes) is 2. The number of pyridine rings is 1. The van der Waals surface area contributed by atoms with Crippen LogP contribution < -0.4 is 14.8 Å². The fraction of sp³-hybridized carbons (Fsp3) is 0.523. The fourth-order valence-electron chi connectivity index (χ4n) is 8.85. The molecule has 314 valence electrons. The predicted octanol–water partition coefficient (Wildman–Crippen LogP) is 7.10. The second-order valence-electron chi connectivity index (χ2n) is 16.2. The van der Waals surface area contributed by atoms with E-state index in [4.69, 9.17) is 24.2 Å². The number of nitrogens with zero attached hydrogens (tertiary/aromatic N) is 3. The summed E-state index contributed by atoms with van der Waals surface area (Å²) in [5.41, 5.74) is 1.89. The molecule has 0 bridgehead atoms. The molecular weight excluding hydrogens is 761 g/mol. The maximum Gasteiger partial charge on any atom is 0.412 e. The average Bonchev–Trinajstić information content (AvgIpc) is 3.19. The van der Waals surface area contributed by atoms with Crippen molar-refractivity contribution in [2.24, 2.45) is 22.9 Å². The van der Waals surface area contributed by atoms with Crippen molar-refractivity contribution in [1.29, 1.82) is 0 Å². The van der Waals surface area contributed by atoms with Crippen molar-refractivity contribution in [1.82, 2.24) is 14.6 Å². The zero-order valence-electron chi connectivity index (χ0n) is 34.2. The second kappa shape index (κ2) is 18.3. The summed E-state index contributed by atoms with van der Waals surface area (Å²) in [6.45, 7) is 12.0. The zero-order chi connectivity index (χ0) is 41.7. The van der Waals surface area contributed by atoms with Gasteiger partial charge in [-0.05, 0) is 101 Å². The number of carbonyl (C=O) groups is 1. The summed E-state index contributed by atoms with van der Waals surface area (Å²) in [6, 6.07) is 13.0. The second-order valence-corrected chi connectivity index (χ2v) is 18.2. The molecule has 0 spiro atoms. The third-order valence-electron chi connectivity index (χ3n) is 11.3. The number of benzene rings is 2. The summed E-state index contributed by atoms with van der Waals surface area (Å²) in [5.74, 6) is -1.84. The van der Waals surface area contributed by atoms with Crippen molar-refractivity contribution in [2.45, 2.75) is 101 Å². The number of para-hydroxylation sites is 1. The van der Waals surface area contributed by atoms with Gasteiger partial charge in [0, 0.05) is 56.3 Å². The standard InChI is InChI=1S/C44H58N4O9S/c1-7-25-54-44-38(48(6)58(52,53)37-19-13-16-29-17-14-22-46-41(29)37)28-35(47-57-43(3,4)5)33-26-30(15-9-11-23-49)32(18-10-12-24-50)39(40(33)44)34-27-31(20-21-36(34)56-44)55-42(51)45-8-2/h7,13-14,16-17,19-22,26-27,30,32,38-40,49-50H,1,8-12,15,18,23-25,28H2,2-6H3,(H,45,51)/t30-,32+,38-,39+,40+,44+/m0/s1. The Morgan fingerprint density at radius 1 is 1.10 bits per heavy atom. The van der Waals surface area contributed by atoms with Gasteiger partial charge in [-0.2, -0.15) is 4.31 Å². The van der Waals surface area contributed by atoms with Crippen LogP contribution in [0.15, 0.2) is 89.1 Å². The number of carbonyl (C=O) groups excluding carboxylic acids is 1. The number of ether oxygens (including phenoxy) is 3. The molecule has 6 atom stereocenters. The molecule has 13 nitrogen and oxygen atoms in total. The van der Waals surface area contributed by atoms with E-state index in [9.17, 15) is 15.0 Å². The van der Waals surface area contributed by atoms with Crippen LogP contribution in [-0.4, -0.2) is 90.6 Å². The van der Waals surface area contributed by atoms with Gasteiger partial charge < -0.3 is 34.6 Å². The van der Waals surface area contributed by atoms with Crippen LogP contribution in [0.25, 0.3) is 10.9 Å². The van der Waals surface area contributed by atoms with Crippen LogP contribution in [0.4, 0.5) is 4.79 Å². The van der Waals surface area contributed by atoms with E-state index in [0.29, 0.717) is 47.5 Å². The lowest BCUT2D eigenvalue weighted by atomic mass is 9.55. The number of fused-ring (bicyclic) bond motifs is 3. The number of allylic oxidation sites excluding steroid dienone is 1. The average molecular weight is 819 g/mol. The maximum atomic E-state index is 15.1. The molecule has 1 aromatic heterocycles. The number of nitrogens with one attached hydrogen (secondary N) is 1. The third-order valence-corrected chi connectivity index (χ3v) is 13.2. The maximum absolute atomic E-state index is 15.1. The van der Waals surface area contributed by atoms with Crippen molar-refractivity contribution < 1.29 is 42.5 Å². The van der Waals surface area contributed by atoms with Gasteiger partial charge in [0.25, 0.3) is 0 Å². The van der Waals surface area contributed by atoms with Crippen molar-refractivity contribution >= 4 is 32.7 Å². The third kappa shape index (κ3) is 8.81. The molecule has 6 rings (SSSR count). The number of hydrogen-bond acceptors (Lipinski definition) is 11. The molecule has 2 heterocycles. The van der Waals surface area contributed by atoms with E-state index < -0.39 is 39.5 Å². The number of aromatic nitrogens is 1. The Hall–Kier alpha value is -4.34. The van der Waals surface area contributed by atoms with E-state index in [1.165, 1.54) is 4.31 Å². The van der Waals surface area contributed by atoms with Crippen LogP contribution in [0.3, 0.4) is 0 Å². The molecule has 1 aliphatic heterocycles. The fourth-order valence-corrected chi connectivity index (χ4v) is 10.4. The number of aliphatic hydroxyl groups is 2. The van der Waals surface area contributed by atoms with Gasteiger partial charge in [-0.1, -0.05) is 48.3 Å². The number of aliphatic hydroxyl groups excluding tert-OH is 2. The highest BCUT2D eigenvalue weighted by Crippen LogP contribution is 2.62. The summed E-state index contributed by atoms with van der Waals surface area (Å²) in [6.07, 6.45) is 9.17. The smallest absolute Gasteiger partial charge is 0.412 e. The van der Waals surface area contributed by atoms with Crippen LogP contribution >= 0.6 is 0 Å². The van der Waals surface area contributed by atoms with Crippen LogP contribution in [-0.2, 0) is 19.6 Å². The largest absolute Gasteiger partial charge is 0.460 e. The molecule has 14 heteroatoms. The first-order chi connectivity index (χ1) is 27.8. The van der Waals surface area contributed by atoms with Gasteiger partial charge >= 0.3 is 6.09 Å². The van der Waals surface area contributed by atoms with Gasteiger partial charge in [-0.3, -0.25) is 4.98 Å². The van der Waals surface area contributed by atoms with E-state index >= 15 is 8.42 Å². The van der Waals surface area contributed by atoms with Crippen molar-refractivity contribution in [2.75, 3.05) is 33.4 Å². The van der Waals surface area contributed by atoms with Gasteiger partial charge in [0.05, 0.1) is 29.8 Å². The first-order valence-electron chi connectivity index (χ1n) is 20.3. The molecule has 2 aliphatic carbocycles. The Morgan fingerprint density at radius 2 is 1.84 bits per heavy atom. The minimum atomic E-state index is -4.28. The molecule has 3 aliphatic rings. The molecular formula is C44H58N4O9S. The van der Waals surface area contributed by atoms with Crippen molar-refractivity contribution in [3.63, 3.8) is 0 Å². The highest BCUT2D eigenvalue weighted by molar-refractivity contribution is 7.89. The van der Waals surface area contributed by atoms with E-state index in [1.54, 1.807) is 49.7 Å². The highest BCUT2D eigenvalue weighted by atomic mass is 32.2. The molecule has 0 unspecified atom stereocenters. The van der Waals surface area contributed by atoms with Crippen LogP contribution in [0.2, 0.25) is 0 Å². The molecule has 0 saturated heterocycles. The van der Waals surface area contributed by atoms with Crippen LogP contribution in [0, 0.1) is 17.8 Å². The molecule has 1 fully saturated rings. The molecule has 1 saturated carbocycles. The number of sulfonamides is 1. The first kappa shape index (κ1) is 43.2. The van der Waals surface area contributed by atoms with Gasteiger partial charge in [0.2, 0.25) is 15.8 Å². The number of likely N-dealkylation sites (N-methyl/N-ethyl adjacent to an activating group) is 1. The Labute approximate surface area is 342 Å². The summed E-state index contributed by atoms with van der Waals surface area (Å²) < 4.78 is 51.3. The van der Waals surface area contributed by atoms with Gasteiger partial charge in [-0.15, -0.1) is 6.58 Å². The van der Waals surface area contributed by atoms with E-state index in [2.05, 4.69) is 23.0 Å². The quantitative estimate of drug-likeness (QED) is 0.0726. The summed E-state index contributed by atoms with van der Waals surface area (Å²) in [7, 11) is -2.73.